The van der Waals surface area contributed by atoms with Crippen LogP contribution in [0.1, 0.15) is 50.8 Å². The Balaban J connectivity index is 1.25. The van der Waals surface area contributed by atoms with E-state index in [1.807, 2.05) is 24.3 Å². The zero-order valence-electron chi connectivity index (χ0n) is 32.2. The topological polar surface area (TPSA) is 113 Å². The first kappa shape index (κ1) is 44.4. The van der Waals surface area contributed by atoms with Gasteiger partial charge in [0, 0.05) is 18.6 Å². The monoisotopic (exact) mass is 753 g/mol. The van der Waals surface area contributed by atoms with Gasteiger partial charge in [0.25, 0.3) is 8.53 Å². The molecule has 0 aliphatic carbocycles. The van der Waals surface area contributed by atoms with Crippen molar-refractivity contribution >= 4 is 8.53 Å². The lowest BCUT2D eigenvalue weighted by atomic mass is 9.77. The molecule has 1 atom stereocenters. The molecule has 3 rings (SSSR count). The molecule has 0 radical (unpaired) electrons. The minimum Gasteiger partial charge on any atom is -0.497 e. The van der Waals surface area contributed by atoms with Crippen molar-refractivity contribution in [3.63, 3.8) is 0 Å². The van der Waals surface area contributed by atoms with E-state index in [1.54, 1.807) is 7.11 Å². The van der Waals surface area contributed by atoms with Gasteiger partial charge in [-0.2, -0.15) is 5.26 Å². The standard InChI is InChI=1S/C41H60N3O8P/c1-35(2)44(36(3)4)53(51-23-12-21-42)52-34-33-50-32-31-49-30-29-48-28-27-47-26-25-46-24-22-43-41(37-13-8-6-9-14-37,38-15-10-7-11-16-38)39-17-19-40(45-5)20-18-39/h6-11,13-20,35-36,43H,12,22-34H2,1-5H3. The highest BCUT2D eigenvalue weighted by molar-refractivity contribution is 7.44. The van der Waals surface area contributed by atoms with Gasteiger partial charge >= 0.3 is 0 Å². The lowest BCUT2D eigenvalue weighted by Gasteiger charge is -2.37. The molecule has 0 aromatic heterocycles. The third-order valence-electron chi connectivity index (χ3n) is 8.15. The molecule has 1 unspecified atom stereocenters. The van der Waals surface area contributed by atoms with Gasteiger partial charge in [-0.15, -0.1) is 0 Å². The number of nitrogens with zero attached hydrogens (tertiary/aromatic N) is 2. The summed E-state index contributed by atoms with van der Waals surface area (Å²) in [4.78, 5) is 0. The third kappa shape index (κ3) is 15.7. The van der Waals surface area contributed by atoms with Crippen LogP contribution in [0.5, 0.6) is 5.75 Å². The number of hydrogen-bond donors (Lipinski definition) is 1. The lowest BCUT2D eigenvalue weighted by molar-refractivity contribution is -0.0129. The van der Waals surface area contributed by atoms with Crippen molar-refractivity contribution in [3.8, 4) is 11.8 Å². The predicted octanol–water partition coefficient (Wildman–Crippen LogP) is 6.95. The zero-order valence-corrected chi connectivity index (χ0v) is 33.1. The normalized spacial score (nSPS) is 12.4. The fraction of sp³-hybridized carbons (Fsp3) is 0.537. The summed E-state index contributed by atoms with van der Waals surface area (Å²) < 4.78 is 48.1. The van der Waals surface area contributed by atoms with E-state index in [1.165, 1.54) is 0 Å². The SMILES string of the molecule is COc1ccc(C(NCCOCCOCCOCCOCCOCCOP(OCCC#N)N(C(C)C)C(C)C)(c2ccccc2)c2ccccc2)cc1. The first-order chi connectivity index (χ1) is 25.9. The highest BCUT2D eigenvalue weighted by Gasteiger charge is 2.35. The molecule has 0 amide bonds. The fourth-order valence-corrected chi connectivity index (χ4v) is 7.38. The molecule has 0 fully saturated rings. The van der Waals surface area contributed by atoms with Crippen molar-refractivity contribution in [2.75, 3.05) is 92.9 Å². The summed E-state index contributed by atoms with van der Waals surface area (Å²) in [7, 11) is 0.426. The van der Waals surface area contributed by atoms with E-state index in [4.69, 9.17) is 42.7 Å². The number of hydrogen-bond acceptors (Lipinski definition) is 11. The van der Waals surface area contributed by atoms with Crippen molar-refractivity contribution < 1.29 is 37.5 Å². The van der Waals surface area contributed by atoms with Crippen LogP contribution in [-0.2, 0) is 38.3 Å². The average molecular weight is 754 g/mol. The Morgan fingerprint density at radius 2 is 1.00 bits per heavy atom. The minimum absolute atomic E-state index is 0.263. The quantitative estimate of drug-likeness (QED) is 0.0434. The summed E-state index contributed by atoms with van der Waals surface area (Å²) in [5, 5.41) is 12.7. The Kier molecular flexibility index (Phi) is 22.4. The zero-order chi connectivity index (χ0) is 38.0. The second-order valence-corrected chi connectivity index (χ2v) is 14.0. The van der Waals surface area contributed by atoms with Crippen LogP contribution in [0.3, 0.4) is 0 Å². The van der Waals surface area contributed by atoms with E-state index in [0.717, 1.165) is 22.4 Å². The minimum atomic E-state index is -1.26. The van der Waals surface area contributed by atoms with Crippen LogP contribution in [0, 0.1) is 11.3 Å². The molecular formula is C41H60N3O8P. The number of methoxy groups -OCH3 is 1. The molecule has 3 aromatic rings. The Bertz CT molecular complexity index is 1330. The molecule has 0 aliphatic rings. The molecule has 12 heteroatoms. The van der Waals surface area contributed by atoms with Gasteiger partial charge in [0.1, 0.15) is 5.75 Å². The Labute approximate surface area is 318 Å². The van der Waals surface area contributed by atoms with Gasteiger partial charge in [0.05, 0.1) is 104 Å². The van der Waals surface area contributed by atoms with Crippen LogP contribution in [0.2, 0.25) is 0 Å². The average Bonchev–Trinajstić information content (AvgIpc) is 3.17. The maximum absolute atomic E-state index is 8.85. The predicted molar refractivity (Wildman–Crippen MR) is 209 cm³/mol. The molecule has 0 aliphatic heterocycles. The second-order valence-electron chi connectivity index (χ2n) is 12.6. The molecule has 3 aromatic carbocycles. The molecule has 0 bridgehead atoms. The molecule has 0 saturated heterocycles. The highest BCUT2D eigenvalue weighted by atomic mass is 31.2. The molecule has 11 nitrogen and oxygen atoms in total. The number of nitriles is 1. The fourth-order valence-electron chi connectivity index (χ4n) is 5.80. The first-order valence-corrected chi connectivity index (χ1v) is 19.7. The largest absolute Gasteiger partial charge is 0.497 e. The van der Waals surface area contributed by atoms with Crippen molar-refractivity contribution in [1.82, 2.24) is 9.99 Å². The maximum Gasteiger partial charge on any atom is 0.259 e. The molecular weight excluding hydrogens is 693 g/mol. The van der Waals surface area contributed by atoms with Crippen LogP contribution in [0.15, 0.2) is 84.9 Å². The van der Waals surface area contributed by atoms with E-state index < -0.39 is 14.1 Å². The van der Waals surface area contributed by atoms with Gasteiger partial charge in [0.2, 0.25) is 0 Å². The summed E-state index contributed by atoms with van der Waals surface area (Å²) in [6.07, 6.45) is 0.338. The smallest absolute Gasteiger partial charge is 0.259 e. The Hall–Kier alpha value is -2.98. The van der Waals surface area contributed by atoms with Crippen LogP contribution < -0.4 is 10.1 Å². The van der Waals surface area contributed by atoms with Crippen molar-refractivity contribution in [2.24, 2.45) is 0 Å². The van der Waals surface area contributed by atoms with E-state index in [9.17, 15) is 0 Å². The second kappa shape index (κ2) is 26.7. The molecule has 0 spiro atoms. The summed E-state index contributed by atoms with van der Waals surface area (Å²) >= 11 is 0. The van der Waals surface area contributed by atoms with Gasteiger partial charge in [0.15, 0.2) is 0 Å². The summed E-state index contributed by atoms with van der Waals surface area (Å²) in [6.45, 7) is 14.7. The Morgan fingerprint density at radius 1 is 0.585 bits per heavy atom. The molecule has 1 N–H and O–H groups in total. The van der Waals surface area contributed by atoms with Gasteiger partial charge in [-0.05, 0) is 56.5 Å². The van der Waals surface area contributed by atoms with Gasteiger partial charge < -0.3 is 37.5 Å². The van der Waals surface area contributed by atoms with E-state index in [-0.39, 0.29) is 12.1 Å². The molecule has 53 heavy (non-hydrogen) atoms. The van der Waals surface area contributed by atoms with Gasteiger partial charge in [-0.1, -0.05) is 72.8 Å². The van der Waals surface area contributed by atoms with Gasteiger partial charge in [-0.3, -0.25) is 5.32 Å². The van der Waals surface area contributed by atoms with Crippen molar-refractivity contribution in [3.05, 3.63) is 102 Å². The van der Waals surface area contributed by atoms with Gasteiger partial charge in [-0.25, -0.2) is 4.67 Å². The van der Waals surface area contributed by atoms with E-state index in [2.05, 4.69) is 104 Å². The third-order valence-corrected chi connectivity index (χ3v) is 10.3. The molecule has 0 saturated carbocycles. The first-order valence-electron chi connectivity index (χ1n) is 18.5. The van der Waals surface area contributed by atoms with Crippen molar-refractivity contribution in [2.45, 2.75) is 51.7 Å². The maximum atomic E-state index is 8.85. The Morgan fingerprint density at radius 3 is 1.43 bits per heavy atom. The highest BCUT2D eigenvalue weighted by Crippen LogP contribution is 2.45. The number of ether oxygens (including phenoxy) is 6. The van der Waals surface area contributed by atoms with Crippen molar-refractivity contribution in [1.29, 1.82) is 5.26 Å². The van der Waals surface area contributed by atoms with Crippen LogP contribution >= 0.6 is 8.53 Å². The number of benzene rings is 3. The summed E-state index contributed by atoms with van der Waals surface area (Å²) in [5.41, 5.74) is 2.83. The van der Waals surface area contributed by atoms with E-state index >= 15 is 0 Å². The lowest BCUT2D eigenvalue weighted by Crippen LogP contribution is -2.46. The summed E-state index contributed by atoms with van der Waals surface area (Å²) in [6, 6.07) is 31.8. The van der Waals surface area contributed by atoms with Crippen LogP contribution in [-0.4, -0.2) is 110 Å². The summed E-state index contributed by atoms with van der Waals surface area (Å²) in [5.74, 6) is 0.817. The number of rotatable bonds is 30. The van der Waals surface area contributed by atoms with E-state index in [0.29, 0.717) is 92.2 Å². The molecule has 0 heterocycles. The number of nitrogens with one attached hydrogen (secondary N) is 1. The molecule has 292 valence electrons. The van der Waals surface area contributed by atoms with Crippen LogP contribution in [0.25, 0.3) is 0 Å². The van der Waals surface area contributed by atoms with Crippen LogP contribution in [0.4, 0.5) is 0 Å².